The number of nitrogens with one attached hydrogen (secondary N) is 2. The first kappa shape index (κ1) is 17.8. The number of carbonyl (C=O) groups excluding carboxylic acids is 1. The third-order valence-electron chi connectivity index (χ3n) is 5.75. The highest BCUT2D eigenvalue weighted by Gasteiger charge is 2.27. The van der Waals surface area contributed by atoms with Gasteiger partial charge in [-0.05, 0) is 50.0 Å². The smallest absolute Gasteiger partial charge is 0.341 e. The Balaban J connectivity index is 1.53. The normalized spacial score (nSPS) is 22.3. The number of fused-ring (bicyclic) bond motifs is 1. The highest BCUT2D eigenvalue weighted by atomic mass is 16.5. The fourth-order valence-electron chi connectivity index (χ4n) is 4.03. The second kappa shape index (κ2) is 7.99. The minimum Gasteiger partial charge on any atom is -0.462 e. The molecule has 0 aliphatic heterocycles. The van der Waals surface area contributed by atoms with Crippen LogP contribution in [0.2, 0.25) is 0 Å². The summed E-state index contributed by atoms with van der Waals surface area (Å²) in [5.74, 6) is 0.815. The van der Waals surface area contributed by atoms with Crippen LogP contribution in [0.4, 0.5) is 5.69 Å². The standard InChI is InChI=1S/C21H26N4O2/c22-9-2-4-14-3-1-5-16(11-14)25-19-17-8-10-23-20(17)24-12-18(19)21(26)27-13-15-6-7-15/h8,10,12,14-16H,1-7,11,13H2,(H2,23,24,25)/t14-,16-/m0/s1. The third kappa shape index (κ3) is 4.24. The maximum Gasteiger partial charge on any atom is 0.341 e. The number of ether oxygens (including phenoxy) is 1. The van der Waals surface area contributed by atoms with Crippen molar-refractivity contribution in [1.82, 2.24) is 9.97 Å². The number of esters is 1. The Morgan fingerprint density at radius 1 is 1.33 bits per heavy atom. The lowest BCUT2D eigenvalue weighted by atomic mass is 9.83. The van der Waals surface area contributed by atoms with Crippen LogP contribution in [0.15, 0.2) is 18.5 Å². The SMILES string of the molecule is N#CCC[C@@H]1CCC[C@H](Nc2c(C(=O)OCC3CC3)cnc3[nH]ccc23)C1. The average molecular weight is 366 g/mol. The van der Waals surface area contributed by atoms with Crippen LogP contribution in [0, 0.1) is 23.2 Å². The number of aromatic nitrogens is 2. The summed E-state index contributed by atoms with van der Waals surface area (Å²) in [6.45, 7) is 0.503. The monoisotopic (exact) mass is 366 g/mol. The Labute approximate surface area is 159 Å². The molecule has 0 amide bonds. The molecule has 2 heterocycles. The van der Waals surface area contributed by atoms with Crippen molar-refractivity contribution in [3.8, 4) is 6.07 Å². The molecule has 0 radical (unpaired) electrons. The van der Waals surface area contributed by atoms with Crippen LogP contribution in [-0.4, -0.2) is 28.6 Å². The molecule has 0 saturated heterocycles. The van der Waals surface area contributed by atoms with Gasteiger partial charge in [-0.1, -0.05) is 12.8 Å². The number of nitriles is 1. The van der Waals surface area contributed by atoms with E-state index in [1.54, 1.807) is 6.20 Å². The zero-order chi connectivity index (χ0) is 18.6. The van der Waals surface area contributed by atoms with Gasteiger partial charge in [0.15, 0.2) is 0 Å². The molecule has 0 bridgehead atoms. The first-order valence-electron chi connectivity index (χ1n) is 10.0. The lowest BCUT2D eigenvalue weighted by Crippen LogP contribution is -2.28. The molecule has 142 valence electrons. The number of hydrogen-bond donors (Lipinski definition) is 2. The van der Waals surface area contributed by atoms with E-state index in [4.69, 9.17) is 10.00 Å². The van der Waals surface area contributed by atoms with Crippen molar-refractivity contribution >= 4 is 22.7 Å². The Morgan fingerprint density at radius 3 is 3.04 bits per heavy atom. The molecule has 0 spiro atoms. The zero-order valence-corrected chi connectivity index (χ0v) is 15.5. The van der Waals surface area contributed by atoms with Gasteiger partial charge in [0.2, 0.25) is 0 Å². The summed E-state index contributed by atoms with van der Waals surface area (Å²) in [6.07, 6.45) is 11.8. The van der Waals surface area contributed by atoms with Crippen molar-refractivity contribution in [1.29, 1.82) is 5.26 Å². The largest absolute Gasteiger partial charge is 0.462 e. The van der Waals surface area contributed by atoms with Gasteiger partial charge in [-0.3, -0.25) is 0 Å². The molecule has 2 fully saturated rings. The first-order valence-corrected chi connectivity index (χ1v) is 10.0. The third-order valence-corrected chi connectivity index (χ3v) is 5.75. The molecule has 2 atom stereocenters. The number of nitrogens with zero attached hydrogens (tertiary/aromatic N) is 2. The molecule has 2 aliphatic rings. The van der Waals surface area contributed by atoms with E-state index in [0.717, 1.165) is 55.2 Å². The van der Waals surface area contributed by atoms with Crippen LogP contribution in [0.25, 0.3) is 11.0 Å². The van der Waals surface area contributed by atoms with Crippen LogP contribution in [0.3, 0.4) is 0 Å². The molecule has 27 heavy (non-hydrogen) atoms. The Bertz CT molecular complexity index is 849. The molecular weight excluding hydrogens is 340 g/mol. The predicted molar refractivity (Wildman–Crippen MR) is 103 cm³/mol. The van der Waals surface area contributed by atoms with Crippen molar-refractivity contribution in [2.75, 3.05) is 11.9 Å². The summed E-state index contributed by atoms with van der Waals surface area (Å²) < 4.78 is 5.52. The molecule has 6 nitrogen and oxygen atoms in total. The van der Waals surface area contributed by atoms with Gasteiger partial charge in [-0.2, -0.15) is 5.26 Å². The minimum absolute atomic E-state index is 0.295. The molecule has 2 aromatic rings. The van der Waals surface area contributed by atoms with E-state index in [1.165, 1.54) is 6.42 Å². The first-order chi connectivity index (χ1) is 13.2. The summed E-state index contributed by atoms with van der Waals surface area (Å²) in [5.41, 5.74) is 2.11. The second-order valence-corrected chi connectivity index (χ2v) is 7.90. The van der Waals surface area contributed by atoms with Crippen molar-refractivity contribution in [2.24, 2.45) is 11.8 Å². The fourth-order valence-corrected chi connectivity index (χ4v) is 4.03. The summed E-state index contributed by atoms with van der Waals surface area (Å²) >= 11 is 0. The van der Waals surface area contributed by atoms with Gasteiger partial charge in [-0.25, -0.2) is 9.78 Å². The van der Waals surface area contributed by atoms with E-state index in [2.05, 4.69) is 21.4 Å². The van der Waals surface area contributed by atoms with Gasteiger partial charge in [0.05, 0.1) is 18.4 Å². The molecule has 4 rings (SSSR count). The molecule has 0 aromatic carbocycles. The highest BCUT2D eigenvalue weighted by molar-refractivity contribution is 6.04. The lowest BCUT2D eigenvalue weighted by molar-refractivity contribution is 0.0487. The van der Waals surface area contributed by atoms with Gasteiger partial charge in [0.25, 0.3) is 0 Å². The van der Waals surface area contributed by atoms with Crippen LogP contribution in [0.1, 0.15) is 61.7 Å². The van der Waals surface area contributed by atoms with E-state index < -0.39 is 0 Å². The van der Waals surface area contributed by atoms with Crippen LogP contribution in [0.5, 0.6) is 0 Å². The second-order valence-electron chi connectivity index (χ2n) is 7.90. The van der Waals surface area contributed by atoms with Crippen LogP contribution >= 0.6 is 0 Å². The fraction of sp³-hybridized carbons (Fsp3) is 0.571. The van der Waals surface area contributed by atoms with Crippen molar-refractivity contribution in [3.63, 3.8) is 0 Å². The number of H-pyrrole nitrogens is 1. The maximum absolute atomic E-state index is 12.7. The van der Waals surface area contributed by atoms with Gasteiger partial charge in [-0.15, -0.1) is 0 Å². The van der Waals surface area contributed by atoms with Crippen molar-refractivity contribution in [3.05, 3.63) is 24.0 Å². The molecule has 0 unspecified atom stereocenters. The highest BCUT2D eigenvalue weighted by Crippen LogP contribution is 2.34. The summed E-state index contributed by atoms with van der Waals surface area (Å²) in [7, 11) is 0. The number of pyridine rings is 1. The number of anilines is 1. The van der Waals surface area contributed by atoms with Gasteiger partial charge in [0, 0.05) is 30.2 Å². The molecule has 2 saturated carbocycles. The molecular formula is C21H26N4O2. The molecule has 6 heteroatoms. The van der Waals surface area contributed by atoms with Gasteiger partial charge in [0.1, 0.15) is 11.2 Å². The lowest BCUT2D eigenvalue weighted by Gasteiger charge is -2.30. The summed E-state index contributed by atoms with van der Waals surface area (Å²) in [6, 6.07) is 4.52. The number of carbonyl (C=O) groups is 1. The average Bonchev–Trinajstić information content (AvgIpc) is 3.39. The Hall–Kier alpha value is -2.55. The Morgan fingerprint density at radius 2 is 2.22 bits per heavy atom. The number of aromatic amines is 1. The Kier molecular flexibility index (Phi) is 5.28. The van der Waals surface area contributed by atoms with E-state index in [9.17, 15) is 4.79 Å². The number of rotatable bonds is 7. The number of hydrogen-bond acceptors (Lipinski definition) is 5. The van der Waals surface area contributed by atoms with Gasteiger partial charge < -0.3 is 15.0 Å². The van der Waals surface area contributed by atoms with Crippen LogP contribution in [-0.2, 0) is 4.74 Å². The molecule has 2 N–H and O–H groups in total. The van der Waals surface area contributed by atoms with E-state index in [-0.39, 0.29) is 5.97 Å². The minimum atomic E-state index is -0.295. The maximum atomic E-state index is 12.7. The summed E-state index contributed by atoms with van der Waals surface area (Å²) in [4.78, 5) is 20.2. The predicted octanol–water partition coefficient (Wildman–Crippen LogP) is 4.40. The molecule has 2 aliphatic carbocycles. The van der Waals surface area contributed by atoms with Crippen LogP contribution < -0.4 is 5.32 Å². The zero-order valence-electron chi connectivity index (χ0n) is 15.5. The topological polar surface area (TPSA) is 90.8 Å². The van der Waals surface area contributed by atoms with Crippen molar-refractivity contribution < 1.29 is 9.53 Å². The van der Waals surface area contributed by atoms with Crippen molar-refractivity contribution in [2.45, 2.75) is 57.4 Å². The van der Waals surface area contributed by atoms with Gasteiger partial charge >= 0.3 is 5.97 Å². The summed E-state index contributed by atoms with van der Waals surface area (Å²) in [5, 5.41) is 13.4. The van der Waals surface area contributed by atoms with E-state index in [1.807, 2.05) is 12.3 Å². The quantitative estimate of drug-likeness (QED) is 0.709. The molecule has 2 aromatic heterocycles. The van der Waals surface area contributed by atoms with E-state index in [0.29, 0.717) is 36.5 Å². The van der Waals surface area contributed by atoms with E-state index >= 15 is 0 Å².